The number of carbonyl (C=O) groups is 1. The first-order chi connectivity index (χ1) is 29.2. The van der Waals surface area contributed by atoms with Crippen molar-refractivity contribution in [3.63, 3.8) is 0 Å². The van der Waals surface area contributed by atoms with Crippen molar-refractivity contribution in [2.24, 2.45) is 0 Å². The summed E-state index contributed by atoms with van der Waals surface area (Å²) in [5.74, 6) is -0.0657. The Morgan fingerprint density at radius 1 is 0.424 bits per heavy atom. The smallest absolute Gasteiger partial charge is 0.220 e. The van der Waals surface area contributed by atoms with Gasteiger partial charge in [-0.05, 0) is 57.8 Å². The molecule has 2 atom stereocenters. The van der Waals surface area contributed by atoms with E-state index in [0.29, 0.717) is 6.42 Å². The molecule has 0 heterocycles. The number of aliphatic hydroxyl groups excluding tert-OH is 2. The molecule has 0 aromatic heterocycles. The fourth-order valence-electron chi connectivity index (χ4n) is 7.82. The fraction of sp³-hybridized carbons (Fsp3) is 0.800. The Hall–Kier alpha value is -1.91. The average molecular weight is 824 g/mol. The molecule has 59 heavy (non-hydrogen) atoms. The minimum absolute atomic E-state index is 0.0657. The van der Waals surface area contributed by atoms with Crippen LogP contribution in [0, 0.1) is 0 Å². The molecule has 0 spiro atoms. The molecule has 3 N–H and O–H groups in total. The van der Waals surface area contributed by atoms with Crippen LogP contribution in [-0.2, 0) is 4.79 Å². The van der Waals surface area contributed by atoms with E-state index in [9.17, 15) is 15.0 Å². The Balaban J connectivity index is 3.53. The molecular formula is C55H101NO3. The molecule has 4 nitrogen and oxygen atoms in total. The van der Waals surface area contributed by atoms with Crippen molar-refractivity contribution < 1.29 is 15.0 Å². The van der Waals surface area contributed by atoms with Crippen molar-refractivity contribution in [3.05, 3.63) is 60.8 Å². The van der Waals surface area contributed by atoms with Crippen molar-refractivity contribution >= 4 is 5.91 Å². The highest BCUT2D eigenvalue weighted by Gasteiger charge is 2.18. The Kier molecular flexibility index (Phi) is 48.8. The number of unbranched alkanes of at least 4 members (excludes halogenated alkanes) is 32. The van der Waals surface area contributed by atoms with Gasteiger partial charge in [-0.1, -0.05) is 261 Å². The first kappa shape index (κ1) is 57.1. The van der Waals surface area contributed by atoms with Gasteiger partial charge in [-0.25, -0.2) is 0 Å². The number of allylic oxidation sites excluding steroid dienone is 9. The monoisotopic (exact) mass is 824 g/mol. The molecule has 0 aliphatic heterocycles. The summed E-state index contributed by atoms with van der Waals surface area (Å²) < 4.78 is 0. The predicted octanol–water partition coefficient (Wildman–Crippen LogP) is 16.9. The Labute approximate surface area is 368 Å². The van der Waals surface area contributed by atoms with Gasteiger partial charge in [0.15, 0.2) is 0 Å². The number of hydrogen-bond acceptors (Lipinski definition) is 3. The van der Waals surface area contributed by atoms with Gasteiger partial charge < -0.3 is 15.5 Å². The van der Waals surface area contributed by atoms with Gasteiger partial charge in [0.05, 0.1) is 18.8 Å². The maximum Gasteiger partial charge on any atom is 0.220 e. The minimum atomic E-state index is -0.842. The van der Waals surface area contributed by atoms with Crippen LogP contribution in [-0.4, -0.2) is 34.9 Å². The summed E-state index contributed by atoms with van der Waals surface area (Å²) in [6.45, 7) is 4.21. The van der Waals surface area contributed by atoms with Crippen LogP contribution in [0.25, 0.3) is 0 Å². The number of rotatable bonds is 47. The number of nitrogens with one attached hydrogen (secondary N) is 1. The van der Waals surface area contributed by atoms with Crippen molar-refractivity contribution in [1.29, 1.82) is 0 Å². The van der Waals surface area contributed by atoms with E-state index in [1.165, 1.54) is 193 Å². The molecule has 0 aliphatic rings. The SMILES string of the molecule is CC/C=C\C/C=C\C/C=C\C/C=C\CCCCCCCCCCCCCCC(=O)NC(CO)C(O)/C=C/CCCCCCCCCCCCCCCCCCCCCC. The third kappa shape index (κ3) is 47.0. The molecule has 4 heteroatoms. The summed E-state index contributed by atoms with van der Waals surface area (Å²) in [7, 11) is 0. The van der Waals surface area contributed by atoms with E-state index in [-0.39, 0.29) is 12.5 Å². The van der Waals surface area contributed by atoms with Crippen molar-refractivity contribution in [2.45, 2.75) is 276 Å². The molecule has 0 radical (unpaired) electrons. The molecule has 344 valence electrons. The largest absolute Gasteiger partial charge is 0.394 e. The summed E-state index contributed by atoms with van der Waals surface area (Å²) in [4.78, 5) is 12.5. The minimum Gasteiger partial charge on any atom is -0.394 e. The third-order valence-corrected chi connectivity index (χ3v) is 11.8. The highest BCUT2D eigenvalue weighted by atomic mass is 16.3. The zero-order valence-electron chi connectivity index (χ0n) is 39.5. The first-order valence-electron chi connectivity index (χ1n) is 26.0. The summed E-state index contributed by atoms with van der Waals surface area (Å²) >= 11 is 0. The van der Waals surface area contributed by atoms with Gasteiger partial charge in [0.25, 0.3) is 0 Å². The Morgan fingerprint density at radius 2 is 0.746 bits per heavy atom. The second-order valence-electron chi connectivity index (χ2n) is 17.6. The number of hydrogen-bond donors (Lipinski definition) is 3. The molecule has 0 aromatic carbocycles. The molecule has 0 aliphatic carbocycles. The Bertz CT molecular complexity index is 981. The molecule has 0 rings (SSSR count). The topological polar surface area (TPSA) is 69.6 Å². The van der Waals surface area contributed by atoms with Gasteiger partial charge in [-0.3, -0.25) is 4.79 Å². The lowest BCUT2D eigenvalue weighted by Gasteiger charge is -2.20. The molecule has 2 unspecified atom stereocenters. The first-order valence-corrected chi connectivity index (χ1v) is 26.0. The lowest BCUT2D eigenvalue weighted by atomic mass is 10.0. The van der Waals surface area contributed by atoms with Crippen LogP contribution in [0.2, 0.25) is 0 Å². The van der Waals surface area contributed by atoms with Gasteiger partial charge >= 0.3 is 0 Å². The molecule has 1 amide bonds. The molecule has 0 aromatic rings. The van der Waals surface area contributed by atoms with E-state index in [2.05, 4.69) is 67.8 Å². The van der Waals surface area contributed by atoms with Crippen molar-refractivity contribution in [3.8, 4) is 0 Å². The summed E-state index contributed by atoms with van der Waals surface area (Å²) in [5.41, 5.74) is 0. The number of amides is 1. The van der Waals surface area contributed by atoms with Crippen LogP contribution in [0.5, 0.6) is 0 Å². The molecule has 0 saturated heterocycles. The van der Waals surface area contributed by atoms with Crippen LogP contribution in [0.3, 0.4) is 0 Å². The zero-order chi connectivity index (χ0) is 42.8. The quantitative estimate of drug-likeness (QED) is 0.0423. The van der Waals surface area contributed by atoms with Gasteiger partial charge in [0.1, 0.15) is 0 Å². The standard InChI is InChI=1S/C55H101NO3/c1-3-5-7-9-11-13-15-17-19-21-23-25-27-28-29-31-33-35-37-39-41-43-45-47-49-51-55(59)56-53(52-57)54(58)50-48-46-44-42-40-38-36-34-32-30-26-24-22-20-18-16-14-12-10-8-6-4-2/h5,7,11,13,17,19,23,25,48,50,53-54,57-58H,3-4,6,8-10,12,14-16,18,20-22,24,26-47,49,51-52H2,1-2H3,(H,56,59)/b7-5-,13-11-,19-17-,25-23-,50-48+. The molecule has 0 saturated carbocycles. The van der Waals surface area contributed by atoms with Gasteiger partial charge in [-0.15, -0.1) is 0 Å². The average Bonchev–Trinajstić information content (AvgIpc) is 3.24. The summed E-state index contributed by atoms with van der Waals surface area (Å²) in [6.07, 6.45) is 70.7. The maximum absolute atomic E-state index is 12.5. The van der Waals surface area contributed by atoms with E-state index in [0.717, 1.165) is 51.4 Å². The highest BCUT2D eigenvalue weighted by molar-refractivity contribution is 5.76. The van der Waals surface area contributed by atoms with Crippen LogP contribution in [0.15, 0.2) is 60.8 Å². The lowest BCUT2D eigenvalue weighted by molar-refractivity contribution is -0.123. The van der Waals surface area contributed by atoms with Gasteiger partial charge in [0.2, 0.25) is 5.91 Å². The van der Waals surface area contributed by atoms with E-state index >= 15 is 0 Å². The summed E-state index contributed by atoms with van der Waals surface area (Å²) in [5, 5.41) is 23.1. The zero-order valence-corrected chi connectivity index (χ0v) is 39.5. The van der Waals surface area contributed by atoms with Crippen LogP contribution in [0.4, 0.5) is 0 Å². The van der Waals surface area contributed by atoms with E-state index in [1.807, 2.05) is 6.08 Å². The van der Waals surface area contributed by atoms with Crippen LogP contribution >= 0.6 is 0 Å². The number of carbonyl (C=O) groups excluding carboxylic acids is 1. The van der Waals surface area contributed by atoms with Crippen LogP contribution < -0.4 is 5.32 Å². The second-order valence-corrected chi connectivity index (χ2v) is 17.6. The Morgan fingerprint density at radius 3 is 1.12 bits per heavy atom. The fourth-order valence-corrected chi connectivity index (χ4v) is 7.82. The van der Waals surface area contributed by atoms with Gasteiger partial charge in [0, 0.05) is 6.42 Å². The summed E-state index contributed by atoms with van der Waals surface area (Å²) in [6, 6.07) is -0.626. The normalized spacial score (nSPS) is 13.4. The van der Waals surface area contributed by atoms with E-state index in [1.54, 1.807) is 6.08 Å². The maximum atomic E-state index is 12.5. The van der Waals surface area contributed by atoms with Crippen molar-refractivity contribution in [2.75, 3.05) is 6.61 Å². The predicted molar refractivity (Wildman–Crippen MR) is 262 cm³/mol. The second kappa shape index (κ2) is 50.4. The van der Waals surface area contributed by atoms with E-state index in [4.69, 9.17) is 0 Å². The lowest BCUT2D eigenvalue weighted by Crippen LogP contribution is -2.45. The molecular weight excluding hydrogens is 723 g/mol. The molecule has 0 bridgehead atoms. The van der Waals surface area contributed by atoms with Gasteiger partial charge in [-0.2, -0.15) is 0 Å². The van der Waals surface area contributed by atoms with Crippen LogP contribution in [0.1, 0.15) is 264 Å². The van der Waals surface area contributed by atoms with E-state index < -0.39 is 12.1 Å². The third-order valence-electron chi connectivity index (χ3n) is 11.8. The molecule has 0 fully saturated rings. The number of aliphatic hydroxyl groups is 2. The highest BCUT2D eigenvalue weighted by Crippen LogP contribution is 2.16. The van der Waals surface area contributed by atoms with Crippen molar-refractivity contribution in [1.82, 2.24) is 5.32 Å².